The van der Waals surface area contributed by atoms with E-state index in [4.69, 9.17) is 0 Å². The van der Waals surface area contributed by atoms with Gasteiger partial charge in [-0.15, -0.1) is 0 Å². The van der Waals surface area contributed by atoms with Crippen LogP contribution < -0.4 is 0 Å². The van der Waals surface area contributed by atoms with Crippen LogP contribution in [-0.2, 0) is 17.1 Å². The zero-order valence-electron chi connectivity index (χ0n) is 1.06. The summed E-state index contributed by atoms with van der Waals surface area (Å²) in [4.78, 5) is 0. The van der Waals surface area contributed by atoms with Crippen molar-refractivity contribution in [1.82, 2.24) is 0 Å². The van der Waals surface area contributed by atoms with Crippen molar-refractivity contribution < 1.29 is 17.1 Å². The normalized spacial score (nSPS) is 0. The molecular weight excluding hydrogens is 166 g/mol. The molecule has 0 N–H and O–H groups in total. The first-order valence-electron chi connectivity index (χ1n) is 0. The van der Waals surface area contributed by atoms with E-state index in [-0.39, 0.29) is 116 Å². The van der Waals surface area contributed by atoms with Gasteiger partial charge in [-0.3, -0.25) is 0 Å². The average molecular weight is 172 g/mol. The zero-order valence-corrected chi connectivity index (χ0v) is 3.58. The summed E-state index contributed by atoms with van der Waals surface area (Å²) < 4.78 is 0. The topological polar surface area (TPSA) is 0 Å². The van der Waals surface area contributed by atoms with Crippen molar-refractivity contribution in [2.75, 3.05) is 0 Å². The standard InChI is InChI=1S/Ca.Fe.K.H3P.3H/h;;;1H3;;;. The van der Waals surface area contributed by atoms with Crippen molar-refractivity contribution >= 4 is 99.0 Å². The molecule has 0 amide bonds. The monoisotopic (exact) mass is 172 g/mol. The number of rotatable bonds is 0. The fraction of sp³-hybridized carbons (Fsp3) is 0. The second-order valence-corrected chi connectivity index (χ2v) is 0. The molecule has 0 spiro atoms. The molecule has 0 rings (SSSR count). The van der Waals surface area contributed by atoms with Crippen LogP contribution in [0.2, 0.25) is 0 Å². The van der Waals surface area contributed by atoms with Crippen molar-refractivity contribution in [3.63, 3.8) is 0 Å². The maximum absolute atomic E-state index is 0. The number of hydrogen-bond acceptors (Lipinski definition) is 0. The minimum absolute atomic E-state index is 0. The summed E-state index contributed by atoms with van der Waals surface area (Å²) in [5.41, 5.74) is 0. The molecule has 4 heteroatoms. The van der Waals surface area contributed by atoms with Crippen LogP contribution in [0.5, 0.6) is 0 Å². The van der Waals surface area contributed by atoms with Crippen molar-refractivity contribution in [3.05, 3.63) is 0 Å². The minimum atomic E-state index is 0. The van der Waals surface area contributed by atoms with Gasteiger partial charge in [0.2, 0.25) is 0 Å². The fourth-order valence-corrected chi connectivity index (χ4v) is 0. The van der Waals surface area contributed by atoms with Gasteiger partial charge in [0.15, 0.2) is 0 Å². The number of hydrogen-bond donors (Lipinski definition) is 0. The van der Waals surface area contributed by atoms with E-state index in [2.05, 4.69) is 0 Å². The molecule has 0 saturated heterocycles. The van der Waals surface area contributed by atoms with Gasteiger partial charge < -0.3 is 0 Å². The van der Waals surface area contributed by atoms with Gasteiger partial charge in [-0.05, 0) is 0 Å². The Kier molecular flexibility index (Phi) is 98.3. The van der Waals surface area contributed by atoms with Gasteiger partial charge in [-0.25, -0.2) is 0 Å². The van der Waals surface area contributed by atoms with E-state index in [0.29, 0.717) is 0 Å². The molecule has 1 unspecified atom stereocenters. The van der Waals surface area contributed by atoms with Crippen LogP contribution in [0.25, 0.3) is 0 Å². The Morgan fingerprint density at radius 2 is 1.00 bits per heavy atom. The second-order valence-electron chi connectivity index (χ2n) is 0. The van der Waals surface area contributed by atoms with Gasteiger partial charge in [0.25, 0.3) is 0 Å². The van der Waals surface area contributed by atoms with Gasteiger partial charge in [0.05, 0.1) is 0 Å². The second kappa shape index (κ2) is 15.8. The van der Waals surface area contributed by atoms with Crippen LogP contribution in [0, 0.1) is 0 Å². The molecule has 0 aromatic rings. The van der Waals surface area contributed by atoms with Crippen molar-refractivity contribution in [3.8, 4) is 0 Å². The zero-order chi connectivity index (χ0) is 0. The molecule has 0 saturated carbocycles. The third-order valence-electron chi connectivity index (χ3n) is 0. The van der Waals surface area contributed by atoms with Crippen molar-refractivity contribution in [2.24, 2.45) is 0 Å². The molecule has 0 aliphatic rings. The van der Waals surface area contributed by atoms with Crippen molar-refractivity contribution in [2.45, 2.75) is 0 Å². The molecule has 0 aliphatic carbocycles. The van der Waals surface area contributed by atoms with Crippen LogP contribution >= 0.6 is 9.90 Å². The van der Waals surface area contributed by atoms with Crippen LogP contribution in [0.1, 0.15) is 0 Å². The van der Waals surface area contributed by atoms with E-state index in [9.17, 15) is 0 Å². The van der Waals surface area contributed by atoms with E-state index in [1.54, 1.807) is 0 Å². The summed E-state index contributed by atoms with van der Waals surface area (Å²) in [7, 11) is 0. The van der Waals surface area contributed by atoms with Gasteiger partial charge in [-0.1, -0.05) is 0 Å². The molecule has 0 aromatic carbocycles. The van der Waals surface area contributed by atoms with Gasteiger partial charge in [0.1, 0.15) is 0 Å². The Labute approximate surface area is 113 Å². The SMILES string of the molecule is P.[CaH2].[Fe].[KH]. The van der Waals surface area contributed by atoms with Gasteiger partial charge in [0, 0.05) is 17.1 Å². The summed E-state index contributed by atoms with van der Waals surface area (Å²) in [6, 6.07) is 0. The quantitative estimate of drug-likeness (QED) is 0.308. The third-order valence-corrected chi connectivity index (χ3v) is 0. The Morgan fingerprint density at radius 3 is 1.00 bits per heavy atom. The molecule has 22 valence electrons. The fourth-order valence-electron chi connectivity index (χ4n) is 0. The van der Waals surface area contributed by atoms with E-state index in [1.807, 2.05) is 0 Å². The predicted molar refractivity (Wildman–Crippen MR) is 26.8 cm³/mol. The Balaban J connectivity index is 0. The van der Waals surface area contributed by atoms with Crippen LogP contribution in [-0.4, -0.2) is 89.1 Å². The van der Waals surface area contributed by atoms with E-state index in [1.165, 1.54) is 0 Å². The summed E-state index contributed by atoms with van der Waals surface area (Å²) in [6.07, 6.45) is 0. The molecule has 0 nitrogen and oxygen atoms in total. The first-order chi connectivity index (χ1) is 0. The molecule has 0 fully saturated rings. The predicted octanol–water partition coefficient (Wildman–Crippen LogP) is -1.51. The Bertz CT molecular complexity index is 8.00. The molecule has 0 heterocycles. The molecule has 0 aliphatic heterocycles. The van der Waals surface area contributed by atoms with Gasteiger partial charge in [-0.2, -0.15) is 9.90 Å². The molecule has 0 aromatic heterocycles. The summed E-state index contributed by atoms with van der Waals surface area (Å²) in [5.74, 6) is 0. The Morgan fingerprint density at radius 1 is 1.00 bits per heavy atom. The van der Waals surface area contributed by atoms with E-state index in [0.717, 1.165) is 0 Å². The molecule has 0 bridgehead atoms. The van der Waals surface area contributed by atoms with Crippen LogP contribution in [0.15, 0.2) is 0 Å². The third kappa shape index (κ3) is 9.28. The van der Waals surface area contributed by atoms with E-state index < -0.39 is 0 Å². The maximum atomic E-state index is 0. The van der Waals surface area contributed by atoms with Crippen LogP contribution in [0.4, 0.5) is 0 Å². The Hall–Kier alpha value is 3.85. The molecule has 4 heavy (non-hydrogen) atoms. The van der Waals surface area contributed by atoms with Crippen molar-refractivity contribution in [1.29, 1.82) is 0 Å². The summed E-state index contributed by atoms with van der Waals surface area (Å²) >= 11 is 0. The molecular formula is H6CaFeKP. The summed E-state index contributed by atoms with van der Waals surface area (Å²) in [6.45, 7) is 0. The molecule has 0 radical (unpaired) electrons. The first-order valence-corrected chi connectivity index (χ1v) is 0. The van der Waals surface area contributed by atoms with Gasteiger partial charge >= 0.3 is 89.1 Å². The average Bonchev–Trinajstić information content (AvgIpc) is 0. The van der Waals surface area contributed by atoms with Crippen LogP contribution in [0.3, 0.4) is 0 Å². The van der Waals surface area contributed by atoms with E-state index >= 15 is 0 Å². The summed E-state index contributed by atoms with van der Waals surface area (Å²) in [5, 5.41) is 0. The molecule has 1 atom stereocenters. The first kappa shape index (κ1) is 24.9.